The van der Waals surface area contributed by atoms with Crippen LogP contribution in [0.2, 0.25) is 0 Å². The predicted octanol–water partition coefficient (Wildman–Crippen LogP) is 1.59. The first-order valence-electron chi connectivity index (χ1n) is 6.61. The number of carboxylic acid groups (broad SMARTS) is 1. The van der Waals surface area contributed by atoms with E-state index in [4.69, 9.17) is 9.84 Å². The second kappa shape index (κ2) is 6.91. The summed E-state index contributed by atoms with van der Waals surface area (Å²) in [6.07, 6.45) is 3.67. The molecule has 6 nitrogen and oxygen atoms in total. The lowest BCUT2D eigenvalue weighted by atomic mass is 10.2. The van der Waals surface area contributed by atoms with Gasteiger partial charge in [-0.15, -0.1) is 10.2 Å². The standard InChI is InChI=1S/C12H19N3O3S/c1-2-18-9(11(16)17)8-19-12-14-13-10-6-4-3-5-7-15(10)12/h9H,2-8H2,1H3,(H,16,17). The van der Waals surface area contributed by atoms with Crippen molar-refractivity contribution < 1.29 is 14.6 Å². The second-order valence-corrected chi connectivity index (χ2v) is 5.44. The van der Waals surface area contributed by atoms with E-state index >= 15 is 0 Å². The fourth-order valence-electron chi connectivity index (χ4n) is 2.11. The molecule has 0 spiro atoms. The van der Waals surface area contributed by atoms with Crippen molar-refractivity contribution in [1.82, 2.24) is 14.8 Å². The first-order chi connectivity index (χ1) is 9.22. The van der Waals surface area contributed by atoms with Crippen LogP contribution in [-0.2, 0) is 22.5 Å². The van der Waals surface area contributed by atoms with Crippen molar-refractivity contribution in [2.45, 2.75) is 50.4 Å². The molecule has 1 aliphatic heterocycles. The fourth-order valence-corrected chi connectivity index (χ4v) is 3.10. The number of carbonyl (C=O) groups is 1. The topological polar surface area (TPSA) is 77.2 Å². The van der Waals surface area contributed by atoms with Crippen LogP contribution in [0.15, 0.2) is 5.16 Å². The van der Waals surface area contributed by atoms with Gasteiger partial charge in [-0.2, -0.15) is 0 Å². The van der Waals surface area contributed by atoms with E-state index in [0.717, 1.165) is 36.8 Å². The Kier molecular flexibility index (Phi) is 5.21. The van der Waals surface area contributed by atoms with Crippen molar-refractivity contribution in [3.8, 4) is 0 Å². The number of fused-ring (bicyclic) bond motifs is 1. The minimum absolute atomic E-state index is 0.362. The van der Waals surface area contributed by atoms with Crippen LogP contribution in [0.5, 0.6) is 0 Å². The van der Waals surface area contributed by atoms with Crippen LogP contribution in [0.1, 0.15) is 32.0 Å². The molecule has 0 aliphatic carbocycles. The first kappa shape index (κ1) is 14.3. The molecule has 0 aromatic carbocycles. The molecule has 1 aromatic heterocycles. The van der Waals surface area contributed by atoms with Gasteiger partial charge in [0, 0.05) is 25.3 Å². The summed E-state index contributed by atoms with van der Waals surface area (Å²) in [6, 6.07) is 0. The van der Waals surface area contributed by atoms with Crippen LogP contribution in [0.25, 0.3) is 0 Å². The maximum Gasteiger partial charge on any atom is 0.333 e. The zero-order valence-corrected chi connectivity index (χ0v) is 11.9. The molecule has 0 amide bonds. The number of rotatable bonds is 6. The third-order valence-corrected chi connectivity index (χ3v) is 4.11. The highest BCUT2D eigenvalue weighted by molar-refractivity contribution is 7.99. The third kappa shape index (κ3) is 3.70. The Morgan fingerprint density at radius 2 is 2.32 bits per heavy atom. The highest BCUT2D eigenvalue weighted by Gasteiger charge is 2.21. The molecule has 0 bridgehead atoms. The molecule has 2 heterocycles. The van der Waals surface area contributed by atoms with E-state index in [1.165, 1.54) is 18.2 Å². The molecule has 0 fully saturated rings. The van der Waals surface area contributed by atoms with Gasteiger partial charge < -0.3 is 14.4 Å². The molecule has 1 aromatic rings. The van der Waals surface area contributed by atoms with E-state index in [0.29, 0.717) is 12.4 Å². The molecular weight excluding hydrogens is 266 g/mol. The molecular formula is C12H19N3O3S. The van der Waals surface area contributed by atoms with Gasteiger partial charge in [-0.25, -0.2) is 4.79 Å². The summed E-state index contributed by atoms with van der Waals surface area (Å²) >= 11 is 1.41. The average Bonchev–Trinajstić information content (AvgIpc) is 2.62. The second-order valence-electron chi connectivity index (χ2n) is 4.45. The van der Waals surface area contributed by atoms with Crippen molar-refractivity contribution in [3.05, 3.63) is 5.82 Å². The van der Waals surface area contributed by atoms with E-state index in [9.17, 15) is 4.79 Å². The molecule has 1 unspecified atom stereocenters. The average molecular weight is 285 g/mol. The normalized spacial score (nSPS) is 16.7. The summed E-state index contributed by atoms with van der Waals surface area (Å²) < 4.78 is 7.31. The maximum absolute atomic E-state index is 11.0. The van der Waals surface area contributed by atoms with Crippen LogP contribution < -0.4 is 0 Å². The van der Waals surface area contributed by atoms with E-state index in [2.05, 4.69) is 14.8 Å². The Morgan fingerprint density at radius 3 is 3.05 bits per heavy atom. The Hall–Kier alpha value is -1.08. The van der Waals surface area contributed by atoms with Crippen molar-refractivity contribution in [1.29, 1.82) is 0 Å². The largest absolute Gasteiger partial charge is 0.479 e. The molecule has 106 valence electrons. The predicted molar refractivity (Wildman–Crippen MR) is 71.4 cm³/mol. The highest BCUT2D eigenvalue weighted by Crippen LogP contribution is 2.22. The molecule has 0 saturated heterocycles. The van der Waals surface area contributed by atoms with E-state index in [1.54, 1.807) is 6.92 Å². The van der Waals surface area contributed by atoms with Crippen LogP contribution in [0.3, 0.4) is 0 Å². The van der Waals surface area contributed by atoms with Gasteiger partial charge in [0.05, 0.1) is 0 Å². The lowest BCUT2D eigenvalue weighted by molar-refractivity contribution is -0.148. The monoisotopic (exact) mass is 285 g/mol. The lowest BCUT2D eigenvalue weighted by Gasteiger charge is -2.12. The number of aliphatic carboxylic acids is 1. The molecule has 0 saturated carbocycles. The van der Waals surface area contributed by atoms with E-state index in [-0.39, 0.29) is 0 Å². The minimum atomic E-state index is -0.926. The van der Waals surface area contributed by atoms with Crippen LogP contribution in [0.4, 0.5) is 0 Å². The molecule has 1 atom stereocenters. The summed E-state index contributed by atoms with van der Waals surface area (Å²) in [5, 5.41) is 18.2. The van der Waals surface area contributed by atoms with E-state index in [1.807, 2.05) is 0 Å². The van der Waals surface area contributed by atoms with Gasteiger partial charge in [-0.1, -0.05) is 18.2 Å². The summed E-state index contributed by atoms with van der Waals surface area (Å²) in [7, 11) is 0. The molecule has 7 heteroatoms. The first-order valence-corrected chi connectivity index (χ1v) is 7.60. The number of carboxylic acids is 1. The van der Waals surface area contributed by atoms with Gasteiger partial charge in [-0.05, 0) is 19.8 Å². The Labute approximate surface area is 116 Å². The van der Waals surface area contributed by atoms with Crippen molar-refractivity contribution >= 4 is 17.7 Å². The van der Waals surface area contributed by atoms with Gasteiger partial charge in [-0.3, -0.25) is 0 Å². The smallest absolute Gasteiger partial charge is 0.333 e. The quantitative estimate of drug-likeness (QED) is 0.800. The van der Waals surface area contributed by atoms with Crippen LogP contribution in [-0.4, -0.2) is 44.3 Å². The fraction of sp³-hybridized carbons (Fsp3) is 0.750. The maximum atomic E-state index is 11.0. The number of ether oxygens (including phenoxy) is 1. The third-order valence-electron chi connectivity index (χ3n) is 3.08. The Morgan fingerprint density at radius 1 is 1.47 bits per heavy atom. The zero-order chi connectivity index (χ0) is 13.7. The molecule has 19 heavy (non-hydrogen) atoms. The van der Waals surface area contributed by atoms with Gasteiger partial charge in [0.1, 0.15) is 5.82 Å². The highest BCUT2D eigenvalue weighted by atomic mass is 32.2. The Bertz CT molecular complexity index is 436. The molecule has 1 aliphatic rings. The molecule has 0 radical (unpaired) electrons. The van der Waals surface area contributed by atoms with Gasteiger partial charge in [0.2, 0.25) is 0 Å². The number of thioether (sulfide) groups is 1. The SMILES string of the molecule is CCOC(CSc1nnc2n1CCCCC2)C(=O)O. The van der Waals surface area contributed by atoms with Crippen molar-refractivity contribution in [2.24, 2.45) is 0 Å². The van der Waals surface area contributed by atoms with Gasteiger partial charge >= 0.3 is 5.97 Å². The summed E-state index contributed by atoms with van der Waals surface area (Å²) in [6.45, 7) is 3.12. The van der Waals surface area contributed by atoms with Crippen LogP contribution >= 0.6 is 11.8 Å². The van der Waals surface area contributed by atoms with Crippen LogP contribution in [0, 0.1) is 0 Å². The Balaban J connectivity index is 1.99. The van der Waals surface area contributed by atoms with Crippen molar-refractivity contribution in [3.63, 3.8) is 0 Å². The lowest BCUT2D eigenvalue weighted by Crippen LogP contribution is -2.26. The summed E-state index contributed by atoms with van der Waals surface area (Å²) in [5.74, 6) is 0.453. The minimum Gasteiger partial charge on any atom is -0.479 e. The number of hydrogen-bond acceptors (Lipinski definition) is 5. The van der Waals surface area contributed by atoms with Gasteiger partial charge in [0.15, 0.2) is 11.3 Å². The number of aryl methyl sites for hydroxylation is 1. The number of aromatic nitrogens is 3. The summed E-state index contributed by atoms with van der Waals surface area (Å²) in [5.41, 5.74) is 0. The number of nitrogens with zero attached hydrogens (tertiary/aromatic N) is 3. The number of hydrogen-bond donors (Lipinski definition) is 1. The van der Waals surface area contributed by atoms with Crippen molar-refractivity contribution in [2.75, 3.05) is 12.4 Å². The summed E-state index contributed by atoms with van der Waals surface area (Å²) in [4.78, 5) is 11.0. The molecule has 1 N–H and O–H groups in total. The van der Waals surface area contributed by atoms with Gasteiger partial charge in [0.25, 0.3) is 0 Å². The molecule has 2 rings (SSSR count). The van der Waals surface area contributed by atoms with E-state index < -0.39 is 12.1 Å². The zero-order valence-electron chi connectivity index (χ0n) is 11.0.